The molecule has 9 rings (SSSR count). The molecule has 4 heterocycles. The van der Waals surface area contributed by atoms with E-state index in [1.807, 2.05) is 6.07 Å². The zero-order chi connectivity index (χ0) is 23.4. The number of aromatic nitrogens is 1. The Kier molecular flexibility index (Phi) is 3.36. The number of hydrogen-bond donors (Lipinski definition) is 2. The summed E-state index contributed by atoms with van der Waals surface area (Å²) in [6.45, 7) is 0. The Hall–Kier alpha value is -4.70. The van der Waals surface area contributed by atoms with Gasteiger partial charge in [-0.1, -0.05) is 85.0 Å². The van der Waals surface area contributed by atoms with E-state index in [0.717, 1.165) is 28.1 Å². The third-order valence-corrected chi connectivity index (χ3v) is 7.96. The van der Waals surface area contributed by atoms with E-state index in [1.165, 1.54) is 43.7 Å². The molecule has 3 aromatic heterocycles. The Morgan fingerprint density at radius 1 is 0.639 bits per heavy atom. The Labute approximate surface area is 206 Å². The van der Waals surface area contributed by atoms with E-state index in [2.05, 4.69) is 112 Å². The standard InChI is InChI=1S/C32H21N3O/c1-2-8-18(9-3-1)19-14-15-20-25(16-19)35-31-22(30-32(35)34-24-12-6-5-11-23(24)33-30)17-27-28(29(20)31)21-10-4-7-13-26(21)36-27/h1-17,23-24,33-34H. The molecule has 0 bridgehead atoms. The molecule has 4 heteroatoms. The van der Waals surface area contributed by atoms with Crippen molar-refractivity contribution in [3.8, 4) is 11.1 Å². The first-order valence-corrected chi connectivity index (χ1v) is 12.5. The Morgan fingerprint density at radius 3 is 2.33 bits per heavy atom. The van der Waals surface area contributed by atoms with Crippen LogP contribution >= 0.6 is 0 Å². The van der Waals surface area contributed by atoms with Gasteiger partial charge in [-0.2, -0.15) is 0 Å². The van der Waals surface area contributed by atoms with Crippen LogP contribution in [-0.4, -0.2) is 16.5 Å². The van der Waals surface area contributed by atoms with Gasteiger partial charge >= 0.3 is 0 Å². The molecule has 0 saturated carbocycles. The van der Waals surface area contributed by atoms with Crippen LogP contribution in [0.5, 0.6) is 0 Å². The fourth-order valence-corrected chi connectivity index (χ4v) is 6.38. The van der Waals surface area contributed by atoms with Crippen LogP contribution in [-0.2, 0) is 0 Å². The highest BCUT2D eigenvalue weighted by molar-refractivity contribution is 6.33. The Balaban J connectivity index is 1.48. The first-order chi connectivity index (χ1) is 17.8. The summed E-state index contributed by atoms with van der Waals surface area (Å²) < 4.78 is 8.85. The lowest BCUT2D eigenvalue weighted by Gasteiger charge is -2.33. The van der Waals surface area contributed by atoms with Gasteiger partial charge in [-0.3, -0.25) is 4.40 Å². The van der Waals surface area contributed by atoms with Crippen LogP contribution in [0.1, 0.15) is 0 Å². The molecule has 1 aliphatic carbocycles. The van der Waals surface area contributed by atoms with Gasteiger partial charge < -0.3 is 15.1 Å². The smallest absolute Gasteiger partial charge is 0.136 e. The quantitative estimate of drug-likeness (QED) is 0.260. The fourth-order valence-electron chi connectivity index (χ4n) is 6.38. The second-order valence-corrected chi connectivity index (χ2v) is 9.89. The zero-order valence-corrected chi connectivity index (χ0v) is 19.3. The predicted octanol–water partition coefficient (Wildman–Crippen LogP) is 7.95. The molecule has 2 aliphatic rings. The van der Waals surface area contributed by atoms with E-state index < -0.39 is 0 Å². The molecule has 2 N–H and O–H groups in total. The molecule has 0 amide bonds. The minimum Gasteiger partial charge on any atom is -0.456 e. The Morgan fingerprint density at radius 2 is 1.44 bits per heavy atom. The highest BCUT2D eigenvalue weighted by atomic mass is 16.3. The third kappa shape index (κ3) is 2.24. The van der Waals surface area contributed by atoms with Gasteiger partial charge in [-0.25, -0.2) is 0 Å². The molecule has 4 nitrogen and oxygen atoms in total. The maximum absolute atomic E-state index is 6.42. The van der Waals surface area contributed by atoms with E-state index in [9.17, 15) is 0 Å². The summed E-state index contributed by atoms with van der Waals surface area (Å²) in [5, 5.41) is 13.7. The number of furan rings is 1. The molecular formula is C32H21N3O. The summed E-state index contributed by atoms with van der Waals surface area (Å²) in [4.78, 5) is 0. The van der Waals surface area contributed by atoms with Crippen molar-refractivity contribution in [3.63, 3.8) is 0 Å². The average Bonchev–Trinajstić information content (AvgIpc) is 3.57. The predicted molar refractivity (Wildman–Crippen MR) is 149 cm³/mol. The number of nitrogens with one attached hydrogen (secondary N) is 2. The summed E-state index contributed by atoms with van der Waals surface area (Å²) >= 11 is 0. The molecular weight excluding hydrogens is 442 g/mol. The lowest BCUT2D eigenvalue weighted by molar-refractivity contribution is 0.669. The number of benzene rings is 4. The lowest BCUT2D eigenvalue weighted by atomic mass is 9.98. The minimum atomic E-state index is 0.205. The molecule has 7 aromatic rings. The van der Waals surface area contributed by atoms with Crippen molar-refractivity contribution in [2.75, 3.05) is 10.6 Å². The van der Waals surface area contributed by atoms with Crippen LogP contribution < -0.4 is 10.6 Å². The summed E-state index contributed by atoms with van der Waals surface area (Å²) in [5.74, 6) is 1.12. The summed E-state index contributed by atoms with van der Waals surface area (Å²) in [6, 6.07) is 28.5. The van der Waals surface area contributed by atoms with E-state index in [1.54, 1.807) is 0 Å². The number of allylic oxidation sites excluding steroid dienone is 2. The van der Waals surface area contributed by atoms with Crippen LogP contribution in [0.3, 0.4) is 0 Å². The Bertz CT molecular complexity index is 2060. The van der Waals surface area contributed by atoms with Gasteiger partial charge in [0.2, 0.25) is 0 Å². The molecule has 170 valence electrons. The number of nitrogens with zero attached hydrogens (tertiary/aromatic N) is 1. The van der Waals surface area contributed by atoms with Gasteiger partial charge in [0.1, 0.15) is 17.0 Å². The SMILES string of the molecule is C1=CC2Nc3c(n4c5cc(-c6ccccc6)ccc5c5c6c(cc3c54)oc3ccccc36)NC2C=C1. The second kappa shape index (κ2) is 6.49. The van der Waals surface area contributed by atoms with Crippen molar-refractivity contribution in [2.24, 2.45) is 0 Å². The van der Waals surface area contributed by atoms with Gasteiger partial charge in [0, 0.05) is 26.9 Å². The third-order valence-electron chi connectivity index (χ3n) is 7.96. The van der Waals surface area contributed by atoms with Crippen LogP contribution in [0, 0.1) is 0 Å². The average molecular weight is 464 g/mol. The van der Waals surface area contributed by atoms with Crippen LogP contribution in [0.2, 0.25) is 0 Å². The first kappa shape index (κ1) is 18.6. The highest BCUT2D eigenvalue weighted by Gasteiger charge is 2.32. The molecule has 36 heavy (non-hydrogen) atoms. The summed E-state index contributed by atoms with van der Waals surface area (Å²) in [7, 11) is 0. The normalized spacial score (nSPS) is 18.8. The number of fused-ring (bicyclic) bond motifs is 11. The maximum atomic E-state index is 6.42. The molecule has 2 atom stereocenters. The van der Waals surface area contributed by atoms with E-state index in [4.69, 9.17) is 4.42 Å². The monoisotopic (exact) mass is 463 g/mol. The number of rotatable bonds is 1. The van der Waals surface area contributed by atoms with Crippen molar-refractivity contribution in [3.05, 3.63) is 103 Å². The van der Waals surface area contributed by atoms with Crippen molar-refractivity contribution in [1.29, 1.82) is 0 Å². The van der Waals surface area contributed by atoms with Gasteiger partial charge in [0.05, 0.1) is 28.8 Å². The molecule has 0 fully saturated rings. The van der Waals surface area contributed by atoms with Gasteiger partial charge in [-0.15, -0.1) is 0 Å². The molecule has 0 radical (unpaired) electrons. The largest absolute Gasteiger partial charge is 0.456 e. The van der Waals surface area contributed by atoms with Crippen LogP contribution in [0.15, 0.2) is 108 Å². The number of para-hydroxylation sites is 1. The van der Waals surface area contributed by atoms with Crippen molar-refractivity contribution >= 4 is 60.6 Å². The molecule has 0 spiro atoms. The summed E-state index contributed by atoms with van der Waals surface area (Å²) in [5.41, 5.74) is 7.89. The maximum Gasteiger partial charge on any atom is 0.136 e. The minimum absolute atomic E-state index is 0.205. The van der Waals surface area contributed by atoms with E-state index >= 15 is 0 Å². The number of hydrogen-bond acceptors (Lipinski definition) is 3. The van der Waals surface area contributed by atoms with Crippen LogP contribution in [0.4, 0.5) is 11.5 Å². The summed E-state index contributed by atoms with van der Waals surface area (Å²) in [6.07, 6.45) is 8.72. The molecule has 2 unspecified atom stereocenters. The fraction of sp³-hybridized carbons (Fsp3) is 0.0625. The van der Waals surface area contributed by atoms with Crippen molar-refractivity contribution in [1.82, 2.24) is 4.40 Å². The lowest BCUT2D eigenvalue weighted by Crippen LogP contribution is -2.41. The van der Waals surface area contributed by atoms with Gasteiger partial charge in [0.25, 0.3) is 0 Å². The van der Waals surface area contributed by atoms with Gasteiger partial charge in [-0.05, 0) is 29.3 Å². The van der Waals surface area contributed by atoms with E-state index in [-0.39, 0.29) is 12.1 Å². The van der Waals surface area contributed by atoms with Crippen LogP contribution in [0.25, 0.3) is 60.3 Å². The first-order valence-electron chi connectivity index (χ1n) is 12.5. The van der Waals surface area contributed by atoms with E-state index in [0.29, 0.717) is 0 Å². The zero-order valence-electron chi connectivity index (χ0n) is 19.3. The second-order valence-electron chi connectivity index (χ2n) is 9.89. The molecule has 0 saturated heterocycles. The number of anilines is 2. The highest BCUT2D eigenvalue weighted by Crippen LogP contribution is 2.50. The van der Waals surface area contributed by atoms with Crippen molar-refractivity contribution in [2.45, 2.75) is 12.1 Å². The van der Waals surface area contributed by atoms with Crippen molar-refractivity contribution < 1.29 is 4.42 Å². The van der Waals surface area contributed by atoms with Gasteiger partial charge in [0.15, 0.2) is 0 Å². The topological polar surface area (TPSA) is 41.6 Å². The molecule has 4 aromatic carbocycles. The molecule has 1 aliphatic heterocycles.